The first-order chi connectivity index (χ1) is 12.1. The number of sulfonamides is 1. The molecule has 1 aliphatic rings. The van der Waals surface area contributed by atoms with Crippen molar-refractivity contribution in [2.75, 3.05) is 23.9 Å². The summed E-state index contributed by atoms with van der Waals surface area (Å²) in [5.74, 6) is -0.170. The van der Waals surface area contributed by atoms with Crippen molar-refractivity contribution in [3.05, 3.63) is 41.9 Å². The minimum atomic E-state index is -3.83. The molecule has 1 amide bonds. The summed E-state index contributed by atoms with van der Waals surface area (Å²) in [7, 11) is -3.83. The van der Waals surface area contributed by atoms with Crippen LogP contribution in [0.5, 0.6) is 0 Å². The SMILES string of the molecule is O=C(CN(c1nccs1)S(=O)(=O)c1ccccc1)N1CCCCCC1. The van der Waals surface area contributed by atoms with Gasteiger partial charge in [-0.1, -0.05) is 31.0 Å². The minimum absolute atomic E-state index is 0.161. The minimum Gasteiger partial charge on any atom is -0.341 e. The number of rotatable bonds is 5. The van der Waals surface area contributed by atoms with Gasteiger partial charge in [0, 0.05) is 24.7 Å². The first-order valence-electron chi connectivity index (χ1n) is 8.34. The van der Waals surface area contributed by atoms with E-state index >= 15 is 0 Å². The molecule has 1 aliphatic heterocycles. The second-order valence-electron chi connectivity index (χ2n) is 5.93. The summed E-state index contributed by atoms with van der Waals surface area (Å²) in [6.07, 6.45) is 5.71. The van der Waals surface area contributed by atoms with Gasteiger partial charge in [-0.3, -0.25) is 4.79 Å². The molecule has 0 unspecified atom stereocenters. The zero-order valence-corrected chi connectivity index (χ0v) is 15.5. The number of thiazole rings is 1. The molecule has 0 atom stereocenters. The van der Waals surface area contributed by atoms with Crippen molar-refractivity contribution in [3.63, 3.8) is 0 Å². The monoisotopic (exact) mass is 379 g/mol. The quantitative estimate of drug-likeness (QED) is 0.801. The van der Waals surface area contributed by atoms with Crippen LogP contribution in [0.3, 0.4) is 0 Å². The van der Waals surface area contributed by atoms with Gasteiger partial charge in [0.1, 0.15) is 6.54 Å². The number of amides is 1. The van der Waals surface area contributed by atoms with E-state index in [1.807, 2.05) is 0 Å². The number of nitrogens with zero attached hydrogens (tertiary/aromatic N) is 3. The number of carbonyl (C=O) groups excluding carboxylic acids is 1. The van der Waals surface area contributed by atoms with Crippen LogP contribution >= 0.6 is 11.3 Å². The maximum atomic E-state index is 13.0. The summed E-state index contributed by atoms with van der Waals surface area (Å²) in [4.78, 5) is 18.8. The number of aromatic nitrogens is 1. The normalized spacial score (nSPS) is 15.6. The lowest BCUT2D eigenvalue weighted by Crippen LogP contribution is -2.43. The molecule has 2 heterocycles. The molecule has 0 spiro atoms. The summed E-state index contributed by atoms with van der Waals surface area (Å²) in [6, 6.07) is 8.17. The van der Waals surface area contributed by atoms with Gasteiger partial charge in [-0.2, -0.15) is 0 Å². The fourth-order valence-electron chi connectivity index (χ4n) is 2.86. The van der Waals surface area contributed by atoms with Crippen molar-refractivity contribution < 1.29 is 13.2 Å². The van der Waals surface area contributed by atoms with Gasteiger partial charge in [-0.25, -0.2) is 17.7 Å². The van der Waals surface area contributed by atoms with Gasteiger partial charge in [-0.15, -0.1) is 11.3 Å². The summed E-state index contributed by atoms with van der Waals surface area (Å²) < 4.78 is 27.2. The molecular weight excluding hydrogens is 358 g/mol. The molecule has 1 saturated heterocycles. The van der Waals surface area contributed by atoms with Crippen molar-refractivity contribution in [1.29, 1.82) is 0 Å². The second kappa shape index (κ2) is 7.97. The standard InChI is InChI=1S/C17H21N3O3S2/c21-16(19-11-6-1-2-7-12-19)14-20(17-18-10-13-24-17)25(22,23)15-8-4-3-5-9-15/h3-5,8-10,13H,1-2,6-7,11-12,14H2. The van der Waals surface area contributed by atoms with Crippen molar-refractivity contribution in [2.24, 2.45) is 0 Å². The average Bonchev–Trinajstić information content (AvgIpc) is 3.01. The average molecular weight is 380 g/mol. The topological polar surface area (TPSA) is 70.6 Å². The summed E-state index contributed by atoms with van der Waals surface area (Å²) in [5.41, 5.74) is 0. The Kier molecular flexibility index (Phi) is 5.70. The van der Waals surface area contributed by atoms with E-state index in [0.717, 1.165) is 30.0 Å². The Bertz CT molecular complexity index is 784. The summed E-state index contributed by atoms with van der Waals surface area (Å²) >= 11 is 1.21. The number of likely N-dealkylation sites (tertiary alicyclic amines) is 1. The van der Waals surface area contributed by atoms with Crippen LogP contribution in [0, 0.1) is 0 Å². The molecule has 1 aromatic heterocycles. The molecule has 2 aromatic rings. The number of benzene rings is 1. The predicted molar refractivity (Wildman–Crippen MR) is 98.1 cm³/mol. The summed E-state index contributed by atoms with van der Waals surface area (Å²) in [5, 5.41) is 2.02. The molecule has 0 radical (unpaired) electrons. The zero-order valence-electron chi connectivity index (χ0n) is 13.9. The smallest absolute Gasteiger partial charge is 0.266 e. The highest BCUT2D eigenvalue weighted by Crippen LogP contribution is 2.25. The lowest BCUT2D eigenvalue weighted by molar-refractivity contribution is -0.129. The van der Waals surface area contributed by atoms with Gasteiger partial charge in [0.25, 0.3) is 10.0 Å². The zero-order chi connectivity index (χ0) is 17.7. The fourth-order valence-corrected chi connectivity index (χ4v) is 5.12. The Morgan fingerprint density at radius 3 is 2.40 bits per heavy atom. The van der Waals surface area contributed by atoms with E-state index in [9.17, 15) is 13.2 Å². The van der Waals surface area contributed by atoms with E-state index in [1.165, 1.54) is 23.5 Å². The maximum Gasteiger partial charge on any atom is 0.266 e. The molecule has 0 N–H and O–H groups in total. The van der Waals surface area contributed by atoms with E-state index in [4.69, 9.17) is 0 Å². The molecule has 0 aliphatic carbocycles. The first-order valence-corrected chi connectivity index (χ1v) is 10.7. The third kappa shape index (κ3) is 4.19. The van der Waals surface area contributed by atoms with Crippen LogP contribution in [-0.4, -0.2) is 43.8 Å². The van der Waals surface area contributed by atoms with Crippen molar-refractivity contribution in [3.8, 4) is 0 Å². The highest BCUT2D eigenvalue weighted by molar-refractivity contribution is 7.93. The van der Waals surface area contributed by atoms with Crippen molar-refractivity contribution in [2.45, 2.75) is 30.6 Å². The number of anilines is 1. The van der Waals surface area contributed by atoms with Crippen LogP contribution in [0.25, 0.3) is 0 Å². The Hall–Kier alpha value is -1.93. The maximum absolute atomic E-state index is 13.0. The number of hydrogen-bond acceptors (Lipinski definition) is 5. The lowest BCUT2D eigenvalue weighted by atomic mass is 10.2. The Morgan fingerprint density at radius 2 is 1.80 bits per heavy atom. The molecule has 134 valence electrons. The van der Waals surface area contributed by atoms with Gasteiger partial charge in [0.15, 0.2) is 5.13 Å². The fraction of sp³-hybridized carbons (Fsp3) is 0.412. The molecule has 3 rings (SSSR count). The van der Waals surface area contributed by atoms with Crippen molar-refractivity contribution in [1.82, 2.24) is 9.88 Å². The largest absolute Gasteiger partial charge is 0.341 e. The van der Waals surface area contributed by atoms with Crippen LogP contribution in [-0.2, 0) is 14.8 Å². The predicted octanol–water partition coefficient (Wildman–Crippen LogP) is 2.74. The van der Waals surface area contributed by atoms with Gasteiger partial charge < -0.3 is 4.90 Å². The lowest BCUT2D eigenvalue weighted by Gasteiger charge is -2.26. The highest BCUT2D eigenvalue weighted by atomic mass is 32.2. The van der Waals surface area contributed by atoms with Gasteiger partial charge in [0.2, 0.25) is 5.91 Å². The molecule has 0 saturated carbocycles. The van der Waals surface area contributed by atoms with Gasteiger partial charge >= 0.3 is 0 Å². The molecule has 1 aromatic carbocycles. The van der Waals surface area contributed by atoms with Crippen LogP contribution in [0.4, 0.5) is 5.13 Å². The van der Waals surface area contributed by atoms with Gasteiger partial charge in [0.05, 0.1) is 4.90 Å². The Balaban J connectivity index is 1.87. The van der Waals surface area contributed by atoms with E-state index in [2.05, 4.69) is 4.98 Å². The number of carbonyl (C=O) groups is 1. The van der Waals surface area contributed by atoms with Crippen LogP contribution in [0.1, 0.15) is 25.7 Å². The van der Waals surface area contributed by atoms with Crippen molar-refractivity contribution >= 4 is 32.4 Å². The molecular formula is C17H21N3O3S2. The third-order valence-electron chi connectivity index (χ3n) is 4.20. The van der Waals surface area contributed by atoms with Crippen LogP contribution < -0.4 is 4.31 Å². The van der Waals surface area contributed by atoms with Crippen LogP contribution in [0.2, 0.25) is 0 Å². The van der Waals surface area contributed by atoms with E-state index in [1.54, 1.807) is 34.7 Å². The molecule has 0 bridgehead atoms. The summed E-state index contributed by atoms with van der Waals surface area (Å²) in [6.45, 7) is 1.16. The van der Waals surface area contributed by atoms with E-state index in [0.29, 0.717) is 18.2 Å². The molecule has 1 fully saturated rings. The molecule has 8 heteroatoms. The van der Waals surface area contributed by atoms with E-state index in [-0.39, 0.29) is 17.3 Å². The van der Waals surface area contributed by atoms with Gasteiger partial charge in [-0.05, 0) is 25.0 Å². The molecule has 6 nitrogen and oxygen atoms in total. The first kappa shape index (κ1) is 17.9. The highest BCUT2D eigenvalue weighted by Gasteiger charge is 2.30. The Morgan fingerprint density at radius 1 is 1.12 bits per heavy atom. The third-order valence-corrected chi connectivity index (χ3v) is 6.86. The molecule has 25 heavy (non-hydrogen) atoms. The Labute approximate surface area is 152 Å². The van der Waals surface area contributed by atoms with E-state index < -0.39 is 10.0 Å². The second-order valence-corrected chi connectivity index (χ2v) is 8.67. The van der Waals surface area contributed by atoms with Crippen LogP contribution in [0.15, 0.2) is 46.8 Å². The number of hydrogen-bond donors (Lipinski definition) is 0.